The molecule has 60 heavy (non-hydrogen) atoms. The fraction of sp³-hybridized carbons (Fsp3) is 0. The predicted octanol–water partition coefficient (Wildman–Crippen LogP) is 17.0. The van der Waals surface area contributed by atoms with Crippen molar-refractivity contribution in [3.63, 3.8) is 0 Å². The molecule has 0 radical (unpaired) electrons. The summed E-state index contributed by atoms with van der Waals surface area (Å²) in [6.07, 6.45) is 0. The van der Waals surface area contributed by atoms with E-state index in [1.165, 1.54) is 86.6 Å². The second-order valence-corrected chi connectivity index (χ2v) is 16.3. The summed E-state index contributed by atoms with van der Waals surface area (Å²) in [5, 5.41) is 5.28. The Kier molecular flexibility index (Phi) is 9.11. The van der Waals surface area contributed by atoms with Crippen LogP contribution in [-0.2, 0) is 0 Å². The molecule has 1 nitrogen and oxygen atoms in total. The highest BCUT2D eigenvalue weighted by molar-refractivity contribution is 7.26. The molecule has 282 valence electrons. The van der Waals surface area contributed by atoms with Gasteiger partial charge < -0.3 is 4.90 Å². The Bertz CT molecular complexity index is 3270. The second kappa shape index (κ2) is 15.3. The van der Waals surface area contributed by atoms with Crippen molar-refractivity contribution in [2.24, 2.45) is 0 Å². The number of benzene rings is 10. The zero-order chi connectivity index (χ0) is 39.8. The van der Waals surface area contributed by atoms with Crippen molar-refractivity contribution in [3.8, 4) is 55.6 Å². The van der Waals surface area contributed by atoms with E-state index < -0.39 is 0 Å². The SMILES string of the molecule is c1ccc(-c2ccc(N(c3ccc(-c4cccc(-c5cccc6c5sc5ccc7ccccc7c56)c4)cc3)c3ccc(-c4ccccc4-c4ccccc4)cc3)cc2)cc1. The molecule has 0 saturated carbocycles. The van der Waals surface area contributed by atoms with Crippen LogP contribution in [0.2, 0.25) is 0 Å². The minimum atomic E-state index is 1.10. The third-order valence-electron chi connectivity index (χ3n) is 11.7. The highest BCUT2D eigenvalue weighted by atomic mass is 32.1. The van der Waals surface area contributed by atoms with E-state index in [9.17, 15) is 0 Å². The van der Waals surface area contributed by atoms with Crippen LogP contribution < -0.4 is 4.90 Å². The van der Waals surface area contributed by atoms with Gasteiger partial charge in [0.1, 0.15) is 0 Å². The van der Waals surface area contributed by atoms with Gasteiger partial charge in [0.2, 0.25) is 0 Å². The van der Waals surface area contributed by atoms with Crippen LogP contribution in [0.4, 0.5) is 17.1 Å². The summed E-state index contributed by atoms with van der Waals surface area (Å²) < 4.78 is 2.66. The maximum Gasteiger partial charge on any atom is 0.0462 e. The Labute approximate surface area is 354 Å². The van der Waals surface area contributed by atoms with Crippen molar-refractivity contribution in [1.82, 2.24) is 0 Å². The molecule has 10 aromatic carbocycles. The Morgan fingerprint density at radius 3 is 1.40 bits per heavy atom. The van der Waals surface area contributed by atoms with Crippen LogP contribution in [0, 0.1) is 0 Å². The van der Waals surface area contributed by atoms with Crippen molar-refractivity contribution in [1.29, 1.82) is 0 Å². The maximum atomic E-state index is 2.35. The van der Waals surface area contributed by atoms with Gasteiger partial charge in [-0.15, -0.1) is 11.3 Å². The molecular weight excluding hydrogens is 743 g/mol. The predicted molar refractivity (Wildman–Crippen MR) is 259 cm³/mol. The van der Waals surface area contributed by atoms with E-state index in [-0.39, 0.29) is 0 Å². The lowest BCUT2D eigenvalue weighted by Gasteiger charge is -2.26. The Morgan fingerprint density at radius 1 is 0.283 bits per heavy atom. The fourth-order valence-corrected chi connectivity index (χ4v) is 9.99. The number of hydrogen-bond acceptors (Lipinski definition) is 2. The second-order valence-electron chi connectivity index (χ2n) is 15.3. The van der Waals surface area contributed by atoms with Gasteiger partial charge in [-0.2, -0.15) is 0 Å². The molecule has 0 saturated heterocycles. The normalized spacial score (nSPS) is 11.3. The lowest BCUT2D eigenvalue weighted by atomic mass is 9.94. The van der Waals surface area contributed by atoms with Crippen molar-refractivity contribution in [2.75, 3.05) is 4.90 Å². The molecule has 0 aliphatic rings. The molecule has 0 fully saturated rings. The van der Waals surface area contributed by atoms with Crippen LogP contribution in [0.3, 0.4) is 0 Å². The van der Waals surface area contributed by atoms with Crippen molar-refractivity contribution in [2.45, 2.75) is 0 Å². The molecule has 0 aliphatic heterocycles. The molecule has 1 aromatic heterocycles. The molecule has 11 rings (SSSR count). The van der Waals surface area contributed by atoms with Crippen LogP contribution in [0.5, 0.6) is 0 Å². The highest BCUT2D eigenvalue weighted by Gasteiger charge is 2.16. The van der Waals surface area contributed by atoms with Crippen LogP contribution >= 0.6 is 11.3 Å². The van der Waals surface area contributed by atoms with Gasteiger partial charge in [0.15, 0.2) is 0 Å². The summed E-state index contributed by atoms with van der Waals surface area (Å²) in [5.74, 6) is 0. The highest BCUT2D eigenvalue weighted by Crippen LogP contribution is 2.44. The maximum absolute atomic E-state index is 2.35. The quantitative estimate of drug-likeness (QED) is 0.148. The molecule has 0 aliphatic carbocycles. The van der Waals surface area contributed by atoms with Gasteiger partial charge in [0.05, 0.1) is 0 Å². The Balaban J connectivity index is 0.954. The van der Waals surface area contributed by atoms with E-state index in [0.717, 1.165) is 17.1 Å². The largest absolute Gasteiger partial charge is 0.311 e. The van der Waals surface area contributed by atoms with Crippen LogP contribution in [0.15, 0.2) is 237 Å². The standard InChI is InChI=1S/C58H39NS/c1-3-13-40(14-4-1)41-25-32-48(33-26-41)59(50-36-29-45(30-37-50)52-21-10-9-20-51(52)43-15-5-2-6-16-43)49-34-27-42(28-35-49)46-18-11-19-47(39-46)54-23-12-24-55-57-53-22-8-7-17-44(53)31-38-56(57)60-58(54)55/h1-39H. The minimum absolute atomic E-state index is 1.10. The number of rotatable bonds is 8. The van der Waals surface area contributed by atoms with E-state index in [1.807, 2.05) is 11.3 Å². The summed E-state index contributed by atoms with van der Waals surface area (Å²) >= 11 is 1.89. The van der Waals surface area contributed by atoms with E-state index in [1.54, 1.807) is 0 Å². The number of thiophene rings is 1. The number of nitrogens with zero attached hydrogens (tertiary/aromatic N) is 1. The molecule has 0 atom stereocenters. The first-order valence-corrected chi connectivity index (χ1v) is 21.3. The monoisotopic (exact) mass is 781 g/mol. The lowest BCUT2D eigenvalue weighted by molar-refractivity contribution is 1.28. The van der Waals surface area contributed by atoms with Crippen molar-refractivity contribution < 1.29 is 0 Å². The number of hydrogen-bond donors (Lipinski definition) is 0. The number of anilines is 3. The van der Waals surface area contributed by atoms with Gasteiger partial charge in [0.25, 0.3) is 0 Å². The van der Waals surface area contributed by atoms with Gasteiger partial charge in [-0.25, -0.2) is 0 Å². The van der Waals surface area contributed by atoms with Gasteiger partial charge in [-0.3, -0.25) is 0 Å². The van der Waals surface area contributed by atoms with Gasteiger partial charge in [-0.05, 0) is 115 Å². The van der Waals surface area contributed by atoms with Crippen LogP contribution in [0.25, 0.3) is 86.6 Å². The first-order chi connectivity index (χ1) is 29.7. The molecule has 0 spiro atoms. The molecule has 2 heteroatoms. The molecule has 0 N–H and O–H groups in total. The average molecular weight is 782 g/mol. The van der Waals surface area contributed by atoms with E-state index in [4.69, 9.17) is 0 Å². The number of fused-ring (bicyclic) bond motifs is 5. The third-order valence-corrected chi connectivity index (χ3v) is 12.9. The summed E-state index contributed by atoms with van der Waals surface area (Å²) in [5.41, 5.74) is 15.4. The molecule has 0 unspecified atom stereocenters. The summed E-state index contributed by atoms with van der Waals surface area (Å²) in [6, 6.07) is 85.9. The summed E-state index contributed by atoms with van der Waals surface area (Å²) in [4.78, 5) is 2.35. The zero-order valence-corrected chi connectivity index (χ0v) is 33.7. The van der Waals surface area contributed by atoms with Crippen molar-refractivity contribution in [3.05, 3.63) is 237 Å². The third kappa shape index (κ3) is 6.54. The fourth-order valence-electron chi connectivity index (χ4n) is 8.74. The molecule has 0 amide bonds. The van der Waals surface area contributed by atoms with Gasteiger partial charge >= 0.3 is 0 Å². The summed E-state index contributed by atoms with van der Waals surface area (Å²) in [7, 11) is 0. The van der Waals surface area contributed by atoms with Crippen molar-refractivity contribution >= 4 is 59.3 Å². The van der Waals surface area contributed by atoms with Crippen LogP contribution in [0.1, 0.15) is 0 Å². The molecular formula is C58H39NS. The summed E-state index contributed by atoms with van der Waals surface area (Å²) in [6.45, 7) is 0. The van der Waals surface area contributed by atoms with E-state index in [0.29, 0.717) is 0 Å². The first-order valence-electron chi connectivity index (χ1n) is 20.5. The molecule has 11 aromatic rings. The Hall–Kier alpha value is -7.52. The van der Waals surface area contributed by atoms with Crippen LogP contribution in [-0.4, -0.2) is 0 Å². The minimum Gasteiger partial charge on any atom is -0.311 e. The molecule has 1 heterocycles. The zero-order valence-electron chi connectivity index (χ0n) is 32.9. The van der Waals surface area contributed by atoms with E-state index >= 15 is 0 Å². The van der Waals surface area contributed by atoms with Gasteiger partial charge in [0, 0.05) is 37.2 Å². The lowest BCUT2D eigenvalue weighted by Crippen LogP contribution is -2.09. The Morgan fingerprint density at radius 2 is 0.733 bits per heavy atom. The first kappa shape index (κ1) is 35.6. The topological polar surface area (TPSA) is 3.24 Å². The molecule has 0 bridgehead atoms. The average Bonchev–Trinajstić information content (AvgIpc) is 3.73. The smallest absolute Gasteiger partial charge is 0.0462 e. The van der Waals surface area contributed by atoms with Gasteiger partial charge in [-0.1, -0.05) is 188 Å². The van der Waals surface area contributed by atoms with E-state index in [2.05, 4.69) is 241 Å².